The summed E-state index contributed by atoms with van der Waals surface area (Å²) in [6, 6.07) is 1.06. The summed E-state index contributed by atoms with van der Waals surface area (Å²) < 4.78 is 0. The third-order valence-corrected chi connectivity index (χ3v) is 4.00. The largest absolute Gasteiger partial charge is 0.351 e. The zero-order valence-corrected chi connectivity index (χ0v) is 10.7. The summed E-state index contributed by atoms with van der Waals surface area (Å²) in [5.41, 5.74) is -0.0730. The lowest BCUT2D eigenvalue weighted by Gasteiger charge is -2.35. The van der Waals surface area contributed by atoms with E-state index in [0.29, 0.717) is 18.0 Å². The van der Waals surface area contributed by atoms with E-state index in [1.807, 2.05) is 0 Å². The van der Waals surface area contributed by atoms with Crippen molar-refractivity contribution in [2.45, 2.75) is 37.8 Å². The van der Waals surface area contributed by atoms with Crippen LogP contribution >= 0.6 is 0 Å². The van der Waals surface area contributed by atoms with Gasteiger partial charge in [0, 0.05) is 18.6 Å². The Balaban J connectivity index is 1.60. The summed E-state index contributed by atoms with van der Waals surface area (Å²) in [7, 11) is 0. The van der Waals surface area contributed by atoms with Gasteiger partial charge in [0.1, 0.15) is 12.4 Å². The first kappa shape index (κ1) is 12.3. The van der Waals surface area contributed by atoms with Gasteiger partial charge < -0.3 is 10.2 Å². The third kappa shape index (κ3) is 2.65. The highest BCUT2D eigenvalue weighted by atomic mass is 16.6. The van der Waals surface area contributed by atoms with Gasteiger partial charge in [0.15, 0.2) is 0 Å². The summed E-state index contributed by atoms with van der Waals surface area (Å²) in [4.78, 5) is 20.6. The van der Waals surface area contributed by atoms with E-state index in [1.54, 1.807) is 0 Å². The van der Waals surface area contributed by atoms with Crippen molar-refractivity contribution in [2.24, 2.45) is 0 Å². The van der Waals surface area contributed by atoms with Gasteiger partial charge >= 0.3 is 5.69 Å². The zero-order chi connectivity index (χ0) is 13.2. The Hall–Kier alpha value is -1.76. The molecule has 0 radical (unpaired) electrons. The van der Waals surface area contributed by atoms with Crippen LogP contribution in [-0.4, -0.2) is 45.0 Å². The van der Waals surface area contributed by atoms with E-state index >= 15 is 0 Å². The van der Waals surface area contributed by atoms with Crippen LogP contribution in [0, 0.1) is 10.1 Å². The molecule has 0 amide bonds. The molecule has 3 rings (SSSR count). The number of nitrogens with zero attached hydrogens (tertiary/aromatic N) is 4. The van der Waals surface area contributed by atoms with Crippen molar-refractivity contribution in [3.8, 4) is 0 Å². The van der Waals surface area contributed by atoms with Crippen LogP contribution in [0.4, 0.5) is 11.6 Å². The lowest BCUT2D eigenvalue weighted by atomic mass is 9.98. The fourth-order valence-electron chi connectivity index (χ4n) is 3.03. The lowest BCUT2D eigenvalue weighted by Crippen LogP contribution is -2.42. The molecule has 1 aromatic heterocycles. The van der Waals surface area contributed by atoms with E-state index in [1.165, 1.54) is 31.8 Å². The Morgan fingerprint density at radius 2 is 2.11 bits per heavy atom. The van der Waals surface area contributed by atoms with Crippen LogP contribution in [0.5, 0.6) is 0 Å². The topological polar surface area (TPSA) is 84.2 Å². The Kier molecular flexibility index (Phi) is 3.29. The van der Waals surface area contributed by atoms with Crippen LogP contribution in [-0.2, 0) is 0 Å². The molecule has 102 valence electrons. The van der Waals surface area contributed by atoms with E-state index in [0.717, 1.165) is 19.4 Å². The van der Waals surface area contributed by atoms with Crippen molar-refractivity contribution < 1.29 is 4.92 Å². The van der Waals surface area contributed by atoms with Gasteiger partial charge in [0.05, 0.1) is 4.92 Å². The lowest BCUT2D eigenvalue weighted by molar-refractivity contribution is -0.385. The summed E-state index contributed by atoms with van der Waals surface area (Å²) in [5, 5.41) is 13.8. The molecular weight excluding hydrogens is 246 g/mol. The van der Waals surface area contributed by atoms with E-state index in [4.69, 9.17) is 0 Å². The standard InChI is InChI=1S/C12H17N5O2/c18-17(19)11-7-13-12(14-8-11)15-9-3-5-16-4-1-2-10(16)6-9/h7-10H,1-6H2,(H,13,14,15). The number of nitrogens with one attached hydrogen (secondary N) is 1. The van der Waals surface area contributed by atoms with Gasteiger partial charge in [-0.2, -0.15) is 0 Å². The highest BCUT2D eigenvalue weighted by Gasteiger charge is 2.31. The number of hydrogen-bond acceptors (Lipinski definition) is 6. The zero-order valence-electron chi connectivity index (χ0n) is 10.7. The van der Waals surface area contributed by atoms with Gasteiger partial charge in [0.2, 0.25) is 5.95 Å². The van der Waals surface area contributed by atoms with Gasteiger partial charge in [0.25, 0.3) is 0 Å². The molecule has 2 unspecified atom stereocenters. The van der Waals surface area contributed by atoms with Crippen LogP contribution < -0.4 is 5.32 Å². The first-order chi connectivity index (χ1) is 9.22. The number of hydrogen-bond donors (Lipinski definition) is 1. The first-order valence-corrected chi connectivity index (χ1v) is 6.69. The highest BCUT2D eigenvalue weighted by Crippen LogP contribution is 2.28. The van der Waals surface area contributed by atoms with E-state index in [9.17, 15) is 10.1 Å². The number of aromatic nitrogens is 2. The molecule has 0 aromatic carbocycles. The van der Waals surface area contributed by atoms with E-state index < -0.39 is 4.92 Å². The van der Waals surface area contributed by atoms with Crippen LogP contribution in [0.2, 0.25) is 0 Å². The van der Waals surface area contributed by atoms with Gasteiger partial charge in [-0.15, -0.1) is 0 Å². The number of piperidine rings is 1. The monoisotopic (exact) mass is 263 g/mol. The number of nitro groups is 1. The van der Waals surface area contributed by atoms with Crippen LogP contribution in [0.25, 0.3) is 0 Å². The van der Waals surface area contributed by atoms with E-state index in [-0.39, 0.29) is 5.69 Å². The van der Waals surface area contributed by atoms with Gasteiger partial charge in [-0.05, 0) is 32.2 Å². The first-order valence-electron chi connectivity index (χ1n) is 6.69. The molecule has 0 saturated carbocycles. The van der Waals surface area contributed by atoms with Gasteiger partial charge in [-0.3, -0.25) is 10.1 Å². The van der Waals surface area contributed by atoms with Crippen molar-refractivity contribution in [1.82, 2.24) is 14.9 Å². The maximum atomic E-state index is 10.5. The minimum absolute atomic E-state index is 0.0730. The van der Waals surface area contributed by atoms with Crippen molar-refractivity contribution >= 4 is 11.6 Å². The van der Waals surface area contributed by atoms with Crippen LogP contribution in [0.15, 0.2) is 12.4 Å². The second-order valence-corrected chi connectivity index (χ2v) is 5.22. The molecule has 0 aliphatic carbocycles. The molecule has 2 aliphatic rings. The minimum Gasteiger partial charge on any atom is -0.351 e. The molecule has 2 aliphatic heterocycles. The maximum absolute atomic E-state index is 10.5. The Bertz CT molecular complexity index is 464. The Morgan fingerprint density at radius 1 is 1.32 bits per heavy atom. The Labute approximate surface area is 111 Å². The predicted octanol–water partition coefficient (Wildman–Crippen LogP) is 1.42. The van der Waals surface area contributed by atoms with Crippen molar-refractivity contribution in [1.29, 1.82) is 0 Å². The molecule has 7 nitrogen and oxygen atoms in total. The average molecular weight is 263 g/mol. The normalized spacial score (nSPS) is 26.9. The minimum atomic E-state index is -0.485. The fourth-order valence-corrected chi connectivity index (χ4v) is 3.03. The SMILES string of the molecule is O=[N+]([O-])c1cnc(NC2CCN3CCCC3C2)nc1. The van der Waals surface area contributed by atoms with Crippen LogP contribution in [0.3, 0.4) is 0 Å². The summed E-state index contributed by atoms with van der Waals surface area (Å²) >= 11 is 0. The molecule has 19 heavy (non-hydrogen) atoms. The molecule has 0 bridgehead atoms. The molecule has 0 spiro atoms. The maximum Gasteiger partial charge on any atom is 0.305 e. The number of rotatable bonds is 3. The molecule has 2 saturated heterocycles. The Morgan fingerprint density at radius 3 is 2.84 bits per heavy atom. The molecule has 2 fully saturated rings. The van der Waals surface area contributed by atoms with Gasteiger partial charge in [-0.25, -0.2) is 9.97 Å². The molecule has 1 N–H and O–H groups in total. The fraction of sp³-hybridized carbons (Fsp3) is 0.667. The van der Waals surface area contributed by atoms with Crippen molar-refractivity contribution in [2.75, 3.05) is 18.4 Å². The van der Waals surface area contributed by atoms with Crippen molar-refractivity contribution in [3.63, 3.8) is 0 Å². The average Bonchev–Trinajstić information content (AvgIpc) is 2.87. The second kappa shape index (κ2) is 5.08. The quantitative estimate of drug-likeness (QED) is 0.656. The number of fused-ring (bicyclic) bond motifs is 1. The predicted molar refractivity (Wildman–Crippen MR) is 69.9 cm³/mol. The van der Waals surface area contributed by atoms with Crippen molar-refractivity contribution in [3.05, 3.63) is 22.5 Å². The molecule has 1 aromatic rings. The smallest absolute Gasteiger partial charge is 0.305 e. The molecule has 3 heterocycles. The van der Waals surface area contributed by atoms with E-state index in [2.05, 4.69) is 20.2 Å². The molecular formula is C12H17N5O2. The summed E-state index contributed by atoms with van der Waals surface area (Å²) in [5.74, 6) is 0.488. The summed E-state index contributed by atoms with van der Waals surface area (Å²) in [6.45, 7) is 2.35. The molecule has 7 heteroatoms. The van der Waals surface area contributed by atoms with Crippen LogP contribution in [0.1, 0.15) is 25.7 Å². The third-order valence-electron chi connectivity index (χ3n) is 4.00. The molecule has 2 atom stereocenters. The highest BCUT2D eigenvalue weighted by molar-refractivity contribution is 5.31. The summed E-state index contributed by atoms with van der Waals surface area (Å²) in [6.07, 6.45) is 7.27. The van der Waals surface area contributed by atoms with Gasteiger partial charge in [-0.1, -0.05) is 0 Å². The number of anilines is 1. The second-order valence-electron chi connectivity index (χ2n) is 5.22.